The van der Waals surface area contributed by atoms with Crippen molar-refractivity contribution in [2.45, 2.75) is 38.6 Å². The van der Waals surface area contributed by atoms with Gasteiger partial charge in [-0.1, -0.05) is 12.8 Å². The van der Waals surface area contributed by atoms with Gasteiger partial charge in [0, 0.05) is 17.3 Å². The summed E-state index contributed by atoms with van der Waals surface area (Å²) >= 11 is 0. The molecular weight excluding hydrogens is 240 g/mol. The lowest BCUT2D eigenvalue weighted by Crippen LogP contribution is -2.40. The number of aldehydes is 1. The normalized spacial score (nSPS) is 15.4. The van der Waals surface area contributed by atoms with Crippen LogP contribution >= 0.6 is 0 Å². The van der Waals surface area contributed by atoms with Crippen LogP contribution in [0.15, 0.2) is 18.2 Å². The average Bonchev–Trinajstić information content (AvgIpc) is 2.89. The van der Waals surface area contributed by atoms with Crippen LogP contribution < -0.4 is 10.6 Å². The first-order chi connectivity index (χ1) is 9.11. The molecule has 2 rings (SSSR count). The lowest BCUT2D eigenvalue weighted by Gasteiger charge is -2.31. The van der Waals surface area contributed by atoms with Gasteiger partial charge in [-0.15, -0.1) is 0 Å². The molecule has 19 heavy (non-hydrogen) atoms. The van der Waals surface area contributed by atoms with Crippen LogP contribution in [-0.2, 0) is 4.79 Å². The van der Waals surface area contributed by atoms with Crippen LogP contribution in [0.2, 0.25) is 0 Å². The molecule has 0 aliphatic heterocycles. The summed E-state index contributed by atoms with van der Waals surface area (Å²) in [7, 11) is 0. The van der Waals surface area contributed by atoms with E-state index in [0.29, 0.717) is 11.6 Å². The van der Waals surface area contributed by atoms with Gasteiger partial charge in [0.2, 0.25) is 5.91 Å². The fourth-order valence-corrected chi connectivity index (χ4v) is 2.87. The number of nitrogens with two attached hydrogens (primary N) is 1. The van der Waals surface area contributed by atoms with Crippen LogP contribution in [-0.4, -0.2) is 24.8 Å². The lowest BCUT2D eigenvalue weighted by atomic mass is 10.1. The number of hydrogen-bond donors (Lipinski definition) is 1. The van der Waals surface area contributed by atoms with Gasteiger partial charge in [0.25, 0.3) is 0 Å². The minimum absolute atomic E-state index is 0.242. The van der Waals surface area contributed by atoms with E-state index in [4.69, 9.17) is 5.73 Å². The smallest absolute Gasteiger partial charge is 0.236 e. The topological polar surface area (TPSA) is 63.4 Å². The molecule has 0 saturated heterocycles. The standard InChI is InChI=1S/C15H20N2O2/c1-11-8-12(10-18)6-7-14(11)17(9-15(16)19)13-4-2-3-5-13/h6-8,10,13H,2-5,9H2,1H3,(H2,16,19). The van der Waals surface area contributed by atoms with Gasteiger partial charge in [-0.3, -0.25) is 9.59 Å². The van der Waals surface area contributed by atoms with Gasteiger partial charge in [-0.2, -0.15) is 0 Å². The molecule has 1 aliphatic rings. The predicted octanol–water partition coefficient (Wildman–Crippen LogP) is 2.04. The van der Waals surface area contributed by atoms with Gasteiger partial charge in [-0.25, -0.2) is 0 Å². The molecule has 0 aromatic heterocycles. The fraction of sp³-hybridized carbons (Fsp3) is 0.467. The zero-order valence-corrected chi connectivity index (χ0v) is 11.3. The average molecular weight is 260 g/mol. The number of rotatable bonds is 5. The van der Waals surface area contributed by atoms with Gasteiger partial charge in [0.15, 0.2) is 0 Å². The lowest BCUT2D eigenvalue weighted by molar-refractivity contribution is -0.116. The highest BCUT2D eigenvalue weighted by Gasteiger charge is 2.25. The second kappa shape index (κ2) is 5.87. The molecule has 4 nitrogen and oxygen atoms in total. The molecular formula is C15H20N2O2. The summed E-state index contributed by atoms with van der Waals surface area (Å²) in [4.78, 5) is 24.2. The molecule has 1 amide bonds. The second-order valence-corrected chi connectivity index (χ2v) is 5.20. The minimum atomic E-state index is -0.314. The van der Waals surface area contributed by atoms with Gasteiger partial charge in [-0.05, 0) is 43.5 Å². The Morgan fingerprint density at radius 1 is 1.42 bits per heavy atom. The van der Waals surface area contributed by atoms with Gasteiger partial charge < -0.3 is 10.6 Å². The number of benzene rings is 1. The highest BCUT2D eigenvalue weighted by molar-refractivity contribution is 5.81. The van der Waals surface area contributed by atoms with E-state index >= 15 is 0 Å². The summed E-state index contributed by atoms with van der Waals surface area (Å²) < 4.78 is 0. The van der Waals surface area contributed by atoms with Crippen molar-refractivity contribution in [1.29, 1.82) is 0 Å². The minimum Gasteiger partial charge on any atom is -0.368 e. The Balaban J connectivity index is 2.31. The number of hydrogen-bond acceptors (Lipinski definition) is 3. The zero-order valence-electron chi connectivity index (χ0n) is 11.3. The molecule has 1 saturated carbocycles. The number of primary amides is 1. The van der Waals surface area contributed by atoms with Gasteiger partial charge >= 0.3 is 0 Å². The summed E-state index contributed by atoms with van der Waals surface area (Å²) in [5, 5.41) is 0. The van der Waals surface area contributed by atoms with Crippen LogP contribution in [0.1, 0.15) is 41.6 Å². The van der Waals surface area contributed by atoms with E-state index in [2.05, 4.69) is 4.90 Å². The van der Waals surface area contributed by atoms with E-state index in [-0.39, 0.29) is 12.5 Å². The van der Waals surface area contributed by atoms with E-state index in [1.54, 1.807) is 6.07 Å². The molecule has 2 N–H and O–H groups in total. The summed E-state index contributed by atoms with van der Waals surface area (Å²) in [6.45, 7) is 2.21. The molecule has 1 aromatic carbocycles. The quantitative estimate of drug-likeness (QED) is 0.824. The van der Waals surface area contributed by atoms with Crippen molar-refractivity contribution in [3.05, 3.63) is 29.3 Å². The van der Waals surface area contributed by atoms with Crippen molar-refractivity contribution in [3.63, 3.8) is 0 Å². The molecule has 0 unspecified atom stereocenters. The van der Waals surface area contributed by atoms with Crippen LogP contribution in [0.25, 0.3) is 0 Å². The van der Waals surface area contributed by atoms with Crippen molar-refractivity contribution in [2.75, 3.05) is 11.4 Å². The van der Waals surface area contributed by atoms with Crippen molar-refractivity contribution >= 4 is 17.9 Å². The Hall–Kier alpha value is -1.84. The van der Waals surface area contributed by atoms with E-state index < -0.39 is 0 Å². The summed E-state index contributed by atoms with van der Waals surface area (Å²) in [6, 6.07) is 5.94. The third kappa shape index (κ3) is 3.13. The van der Waals surface area contributed by atoms with E-state index in [1.165, 1.54) is 12.8 Å². The SMILES string of the molecule is Cc1cc(C=O)ccc1N(CC(N)=O)C1CCCC1. The molecule has 0 spiro atoms. The third-order valence-electron chi connectivity index (χ3n) is 3.76. The highest BCUT2D eigenvalue weighted by Crippen LogP contribution is 2.30. The largest absolute Gasteiger partial charge is 0.368 e. The van der Waals surface area contributed by atoms with Gasteiger partial charge in [0.05, 0.1) is 6.54 Å². The summed E-state index contributed by atoms with van der Waals surface area (Å²) in [5.74, 6) is -0.314. The number of carbonyl (C=O) groups excluding carboxylic acids is 2. The van der Waals surface area contributed by atoms with Crippen molar-refractivity contribution in [3.8, 4) is 0 Å². The molecule has 4 heteroatoms. The third-order valence-corrected chi connectivity index (χ3v) is 3.76. The second-order valence-electron chi connectivity index (χ2n) is 5.20. The maximum absolute atomic E-state index is 11.3. The first-order valence-corrected chi connectivity index (χ1v) is 6.72. The first-order valence-electron chi connectivity index (χ1n) is 6.72. The molecule has 102 valence electrons. The molecule has 0 atom stereocenters. The first kappa shape index (κ1) is 13.6. The predicted molar refractivity (Wildman–Crippen MR) is 75.4 cm³/mol. The van der Waals surface area contributed by atoms with Crippen molar-refractivity contribution < 1.29 is 9.59 Å². The number of aryl methyl sites for hydroxylation is 1. The van der Waals surface area contributed by atoms with Crippen LogP contribution in [0, 0.1) is 6.92 Å². The highest BCUT2D eigenvalue weighted by atomic mass is 16.1. The maximum atomic E-state index is 11.3. The fourth-order valence-electron chi connectivity index (χ4n) is 2.87. The number of carbonyl (C=O) groups is 2. The summed E-state index contributed by atoms with van der Waals surface area (Å²) in [6.07, 6.45) is 5.44. The molecule has 0 bridgehead atoms. The van der Waals surface area contributed by atoms with Gasteiger partial charge in [0.1, 0.15) is 6.29 Å². The van der Waals surface area contributed by atoms with Crippen molar-refractivity contribution in [2.24, 2.45) is 5.73 Å². The Bertz CT molecular complexity index is 479. The van der Waals surface area contributed by atoms with Crippen LogP contribution in [0.4, 0.5) is 5.69 Å². The Kier molecular flexibility index (Phi) is 4.20. The van der Waals surface area contributed by atoms with E-state index in [1.807, 2.05) is 19.1 Å². The Labute approximate surface area is 113 Å². The monoisotopic (exact) mass is 260 g/mol. The van der Waals surface area contributed by atoms with Crippen molar-refractivity contribution in [1.82, 2.24) is 0 Å². The van der Waals surface area contributed by atoms with Crippen LogP contribution in [0.3, 0.4) is 0 Å². The molecule has 1 aliphatic carbocycles. The number of amides is 1. The maximum Gasteiger partial charge on any atom is 0.236 e. The number of nitrogens with zero attached hydrogens (tertiary/aromatic N) is 1. The Morgan fingerprint density at radius 2 is 2.11 bits per heavy atom. The van der Waals surface area contributed by atoms with E-state index in [0.717, 1.165) is 30.4 Å². The summed E-state index contributed by atoms with van der Waals surface area (Å²) in [5.41, 5.74) is 8.05. The Morgan fingerprint density at radius 3 is 2.63 bits per heavy atom. The molecule has 0 radical (unpaired) electrons. The number of anilines is 1. The zero-order chi connectivity index (χ0) is 13.8. The molecule has 1 fully saturated rings. The van der Waals surface area contributed by atoms with Crippen LogP contribution in [0.5, 0.6) is 0 Å². The molecule has 0 heterocycles. The van der Waals surface area contributed by atoms with E-state index in [9.17, 15) is 9.59 Å². The molecule has 1 aromatic rings.